The van der Waals surface area contributed by atoms with E-state index >= 15 is 0 Å². The fourth-order valence-corrected chi connectivity index (χ4v) is 1.82. The van der Waals surface area contributed by atoms with Crippen LogP contribution in [0, 0.1) is 0 Å². The molecule has 0 aliphatic carbocycles. The van der Waals surface area contributed by atoms with Gasteiger partial charge in [0.1, 0.15) is 0 Å². The van der Waals surface area contributed by atoms with Crippen LogP contribution >= 0.6 is 27.5 Å². The Balaban J connectivity index is 2.87. The molecule has 1 rings (SSSR count). The van der Waals surface area contributed by atoms with Crippen molar-refractivity contribution in [2.75, 3.05) is 12.4 Å². The maximum Gasteiger partial charge on any atom is 0.416 e. The van der Waals surface area contributed by atoms with Crippen molar-refractivity contribution in [1.82, 2.24) is 5.32 Å². The molecule has 1 N–H and O–H groups in total. The number of hydrogen-bond donors (Lipinski definition) is 1. The summed E-state index contributed by atoms with van der Waals surface area (Å²) in [5.74, 6) is -0.277. The SMILES string of the molecule is O=C(NC/C=C/CCl)c1cc(C(F)(F)F)ccc1Br. The zero-order valence-corrected chi connectivity index (χ0v) is 11.9. The number of alkyl halides is 4. The van der Waals surface area contributed by atoms with Crippen molar-refractivity contribution in [3.63, 3.8) is 0 Å². The lowest BCUT2D eigenvalue weighted by molar-refractivity contribution is -0.137. The normalized spacial score (nSPS) is 11.8. The number of nitrogens with one attached hydrogen (secondary N) is 1. The Morgan fingerprint density at radius 2 is 2.05 bits per heavy atom. The maximum atomic E-state index is 12.5. The standard InChI is InChI=1S/C12H10BrClF3NO/c13-10-4-3-8(12(15,16)17)7-9(10)11(19)18-6-2-1-5-14/h1-4,7H,5-6H2,(H,18,19)/b2-1+. The lowest BCUT2D eigenvalue weighted by atomic mass is 10.1. The molecule has 0 heterocycles. The number of carbonyl (C=O) groups is 1. The minimum absolute atomic E-state index is 0.0610. The van der Waals surface area contributed by atoms with Crippen molar-refractivity contribution in [2.45, 2.75) is 6.18 Å². The van der Waals surface area contributed by atoms with Crippen molar-refractivity contribution >= 4 is 33.4 Å². The topological polar surface area (TPSA) is 29.1 Å². The van der Waals surface area contributed by atoms with Gasteiger partial charge in [-0.25, -0.2) is 0 Å². The summed E-state index contributed by atoms with van der Waals surface area (Å²) in [6, 6.07) is 2.92. The van der Waals surface area contributed by atoms with E-state index in [1.165, 1.54) is 6.07 Å². The highest BCUT2D eigenvalue weighted by molar-refractivity contribution is 9.10. The van der Waals surface area contributed by atoms with Crippen LogP contribution < -0.4 is 5.32 Å². The van der Waals surface area contributed by atoms with Gasteiger partial charge in [0, 0.05) is 16.9 Å². The van der Waals surface area contributed by atoms with Crippen molar-refractivity contribution in [2.24, 2.45) is 0 Å². The zero-order valence-electron chi connectivity index (χ0n) is 9.60. The van der Waals surface area contributed by atoms with Crippen LogP contribution in [0.2, 0.25) is 0 Å². The number of amides is 1. The molecule has 2 nitrogen and oxygen atoms in total. The zero-order chi connectivity index (χ0) is 14.5. The number of benzene rings is 1. The molecule has 1 amide bonds. The second-order valence-electron chi connectivity index (χ2n) is 3.53. The average molecular weight is 357 g/mol. The summed E-state index contributed by atoms with van der Waals surface area (Å²) in [5.41, 5.74) is -0.925. The highest BCUT2D eigenvalue weighted by Crippen LogP contribution is 2.31. The third-order valence-corrected chi connectivity index (χ3v) is 3.04. The third kappa shape index (κ3) is 4.87. The lowest BCUT2D eigenvalue weighted by Crippen LogP contribution is -2.24. The fraction of sp³-hybridized carbons (Fsp3) is 0.250. The molecular weight excluding hydrogens is 346 g/mol. The first-order valence-corrected chi connectivity index (χ1v) is 6.55. The van der Waals surface area contributed by atoms with E-state index in [0.717, 1.165) is 12.1 Å². The number of halogens is 5. The first-order valence-electron chi connectivity index (χ1n) is 5.22. The Morgan fingerprint density at radius 1 is 1.37 bits per heavy atom. The second-order valence-corrected chi connectivity index (χ2v) is 4.69. The van der Waals surface area contributed by atoms with E-state index in [1.807, 2.05) is 0 Å². The van der Waals surface area contributed by atoms with Crippen LogP contribution in [0.5, 0.6) is 0 Å². The van der Waals surface area contributed by atoms with Gasteiger partial charge in [0.05, 0.1) is 11.1 Å². The summed E-state index contributed by atoms with van der Waals surface area (Å²) in [6.07, 6.45) is -1.23. The van der Waals surface area contributed by atoms with Crippen molar-refractivity contribution in [3.05, 3.63) is 46.0 Å². The van der Waals surface area contributed by atoms with Gasteiger partial charge in [-0.05, 0) is 34.1 Å². The van der Waals surface area contributed by atoms with E-state index in [4.69, 9.17) is 11.6 Å². The van der Waals surface area contributed by atoms with E-state index in [9.17, 15) is 18.0 Å². The van der Waals surface area contributed by atoms with Crippen LogP contribution in [0.4, 0.5) is 13.2 Å². The Morgan fingerprint density at radius 3 is 2.63 bits per heavy atom. The summed E-state index contributed by atoms with van der Waals surface area (Å²) >= 11 is 8.45. The molecule has 1 aromatic carbocycles. The van der Waals surface area contributed by atoms with Gasteiger partial charge in [0.2, 0.25) is 0 Å². The molecule has 104 valence electrons. The average Bonchev–Trinajstić information content (AvgIpc) is 2.33. The molecule has 7 heteroatoms. The van der Waals surface area contributed by atoms with Crippen molar-refractivity contribution in [3.8, 4) is 0 Å². The van der Waals surface area contributed by atoms with Gasteiger partial charge in [-0.15, -0.1) is 11.6 Å². The summed E-state index contributed by atoms with van der Waals surface area (Å²) in [7, 11) is 0. The predicted octanol–water partition coefficient (Wildman–Crippen LogP) is 3.99. The quantitative estimate of drug-likeness (QED) is 0.641. The molecule has 0 aliphatic heterocycles. The molecule has 0 saturated heterocycles. The van der Waals surface area contributed by atoms with Crippen LogP contribution in [0.15, 0.2) is 34.8 Å². The minimum Gasteiger partial charge on any atom is -0.349 e. The molecule has 0 bridgehead atoms. The van der Waals surface area contributed by atoms with E-state index in [2.05, 4.69) is 21.2 Å². The van der Waals surface area contributed by atoms with Gasteiger partial charge in [-0.1, -0.05) is 12.2 Å². The number of hydrogen-bond acceptors (Lipinski definition) is 1. The van der Waals surface area contributed by atoms with Crippen LogP contribution in [0.3, 0.4) is 0 Å². The van der Waals surface area contributed by atoms with E-state index in [1.54, 1.807) is 12.2 Å². The highest BCUT2D eigenvalue weighted by Gasteiger charge is 2.31. The molecule has 0 saturated carbocycles. The van der Waals surface area contributed by atoms with Crippen molar-refractivity contribution < 1.29 is 18.0 Å². The Labute approximate surface area is 121 Å². The third-order valence-electron chi connectivity index (χ3n) is 2.17. The fourth-order valence-electron chi connectivity index (χ4n) is 1.27. The molecule has 0 fully saturated rings. The van der Waals surface area contributed by atoms with Gasteiger partial charge < -0.3 is 5.32 Å². The predicted molar refractivity (Wildman–Crippen MR) is 71.3 cm³/mol. The maximum absolute atomic E-state index is 12.5. The monoisotopic (exact) mass is 355 g/mol. The molecular formula is C12H10BrClF3NO. The largest absolute Gasteiger partial charge is 0.416 e. The van der Waals surface area contributed by atoms with Gasteiger partial charge in [-0.3, -0.25) is 4.79 Å². The lowest BCUT2D eigenvalue weighted by Gasteiger charge is -2.10. The van der Waals surface area contributed by atoms with Gasteiger partial charge in [-0.2, -0.15) is 13.2 Å². The smallest absolute Gasteiger partial charge is 0.349 e. The first kappa shape index (κ1) is 16.0. The molecule has 19 heavy (non-hydrogen) atoms. The number of allylic oxidation sites excluding steroid dienone is 1. The van der Waals surface area contributed by atoms with Crippen molar-refractivity contribution in [1.29, 1.82) is 0 Å². The Bertz CT molecular complexity index is 488. The Hall–Kier alpha value is -1.01. The minimum atomic E-state index is -4.48. The first-order chi connectivity index (χ1) is 8.86. The van der Waals surface area contributed by atoms with E-state index < -0.39 is 17.6 Å². The number of carbonyl (C=O) groups excluding carboxylic acids is 1. The molecule has 1 aromatic rings. The molecule has 0 radical (unpaired) electrons. The molecule has 0 spiro atoms. The Kier molecular flexibility index (Phi) is 5.87. The van der Waals surface area contributed by atoms with Gasteiger partial charge >= 0.3 is 6.18 Å². The second kappa shape index (κ2) is 6.96. The molecule has 0 aliphatic rings. The highest BCUT2D eigenvalue weighted by atomic mass is 79.9. The van der Waals surface area contributed by atoms with Crippen LogP contribution in [-0.4, -0.2) is 18.3 Å². The van der Waals surface area contributed by atoms with Crippen LogP contribution in [-0.2, 0) is 6.18 Å². The van der Waals surface area contributed by atoms with Crippen LogP contribution in [0.1, 0.15) is 15.9 Å². The van der Waals surface area contributed by atoms with Gasteiger partial charge in [0.15, 0.2) is 0 Å². The van der Waals surface area contributed by atoms with Crippen LogP contribution in [0.25, 0.3) is 0 Å². The summed E-state index contributed by atoms with van der Waals surface area (Å²) < 4.78 is 37.9. The number of rotatable bonds is 4. The summed E-state index contributed by atoms with van der Waals surface area (Å²) in [6.45, 7) is 0.203. The molecule has 0 unspecified atom stereocenters. The van der Waals surface area contributed by atoms with E-state index in [0.29, 0.717) is 10.4 Å². The summed E-state index contributed by atoms with van der Waals surface area (Å²) in [4.78, 5) is 11.7. The summed E-state index contributed by atoms with van der Waals surface area (Å²) in [5, 5.41) is 2.47. The molecule has 0 aromatic heterocycles. The molecule has 0 atom stereocenters. The van der Waals surface area contributed by atoms with E-state index in [-0.39, 0.29) is 12.1 Å². The van der Waals surface area contributed by atoms with Gasteiger partial charge in [0.25, 0.3) is 5.91 Å².